The molecule has 0 bridgehead atoms. The number of esters is 1. The topological polar surface area (TPSA) is 35.5 Å². The Hall–Kier alpha value is -1.51. The number of hydrogen-bond donors (Lipinski definition) is 0. The van der Waals surface area contributed by atoms with E-state index in [1.807, 2.05) is 12.1 Å². The largest absolute Gasteiger partial charge is 0.497 e. The number of methoxy groups -OCH3 is 1. The van der Waals surface area contributed by atoms with Gasteiger partial charge in [0.05, 0.1) is 13.5 Å². The van der Waals surface area contributed by atoms with Gasteiger partial charge in [-0.15, -0.1) is 0 Å². The summed E-state index contributed by atoms with van der Waals surface area (Å²) in [5.41, 5.74) is 1.41. The van der Waals surface area contributed by atoms with Crippen LogP contribution >= 0.6 is 0 Å². The molecule has 1 saturated carbocycles. The summed E-state index contributed by atoms with van der Waals surface area (Å²) in [4.78, 5) is 10.9. The zero-order valence-corrected chi connectivity index (χ0v) is 11.3. The first-order valence-electron chi connectivity index (χ1n) is 7.09. The van der Waals surface area contributed by atoms with Gasteiger partial charge in [0.25, 0.3) is 0 Å². The molecule has 1 aromatic carbocycles. The summed E-state index contributed by atoms with van der Waals surface area (Å²) in [5.74, 6) is 2.13. The summed E-state index contributed by atoms with van der Waals surface area (Å²) in [7, 11) is 1.69. The van der Waals surface area contributed by atoms with Gasteiger partial charge in [0.15, 0.2) is 0 Å². The third-order valence-corrected chi connectivity index (χ3v) is 4.54. The molecule has 19 heavy (non-hydrogen) atoms. The minimum atomic E-state index is -0.0257. The van der Waals surface area contributed by atoms with E-state index in [1.54, 1.807) is 7.11 Å². The van der Waals surface area contributed by atoms with Crippen LogP contribution in [0.5, 0.6) is 5.75 Å². The molecule has 1 heterocycles. The van der Waals surface area contributed by atoms with Crippen LogP contribution in [0.2, 0.25) is 0 Å². The van der Waals surface area contributed by atoms with Crippen molar-refractivity contribution >= 4 is 5.97 Å². The SMILES string of the molecule is COc1ccc(C2CCC(C3CC(=O)O3)CC2)cc1. The number of cyclic esters (lactones) is 1. The van der Waals surface area contributed by atoms with Crippen molar-refractivity contribution in [2.75, 3.05) is 7.11 Å². The lowest BCUT2D eigenvalue weighted by atomic mass is 9.75. The van der Waals surface area contributed by atoms with E-state index in [9.17, 15) is 4.79 Å². The molecule has 1 atom stereocenters. The third-order valence-electron chi connectivity index (χ3n) is 4.54. The standard InChI is InChI=1S/C16H20O3/c1-18-14-8-6-12(7-9-14)11-2-4-13(5-3-11)15-10-16(17)19-15/h6-9,11,13,15H,2-5,10H2,1H3. The van der Waals surface area contributed by atoms with Crippen LogP contribution in [0.25, 0.3) is 0 Å². The normalized spacial score (nSPS) is 30.4. The fourth-order valence-corrected chi connectivity index (χ4v) is 3.29. The first kappa shape index (κ1) is 12.5. The molecule has 102 valence electrons. The maximum absolute atomic E-state index is 10.9. The second-order valence-corrected chi connectivity index (χ2v) is 5.62. The van der Waals surface area contributed by atoms with Crippen LogP contribution in [0.15, 0.2) is 24.3 Å². The van der Waals surface area contributed by atoms with Crippen molar-refractivity contribution in [3.05, 3.63) is 29.8 Å². The third kappa shape index (κ3) is 2.60. The van der Waals surface area contributed by atoms with Gasteiger partial charge in [0.2, 0.25) is 0 Å². The Labute approximate surface area is 113 Å². The molecule has 1 unspecified atom stereocenters. The minimum Gasteiger partial charge on any atom is -0.497 e. The second-order valence-electron chi connectivity index (χ2n) is 5.62. The molecule has 1 saturated heterocycles. The zero-order valence-electron chi connectivity index (χ0n) is 11.3. The Morgan fingerprint density at radius 2 is 1.74 bits per heavy atom. The van der Waals surface area contributed by atoms with Gasteiger partial charge in [-0.25, -0.2) is 0 Å². The summed E-state index contributed by atoms with van der Waals surface area (Å²) in [6, 6.07) is 8.42. The van der Waals surface area contributed by atoms with E-state index < -0.39 is 0 Å². The molecule has 1 aliphatic heterocycles. The first-order valence-corrected chi connectivity index (χ1v) is 7.09. The Balaban J connectivity index is 1.55. The smallest absolute Gasteiger partial charge is 0.309 e. The zero-order chi connectivity index (χ0) is 13.2. The molecule has 0 amide bonds. The molecule has 3 nitrogen and oxygen atoms in total. The molecular formula is C16H20O3. The van der Waals surface area contributed by atoms with Crippen molar-refractivity contribution in [3.8, 4) is 5.75 Å². The fraction of sp³-hybridized carbons (Fsp3) is 0.562. The van der Waals surface area contributed by atoms with Gasteiger partial charge in [-0.2, -0.15) is 0 Å². The van der Waals surface area contributed by atoms with Crippen molar-refractivity contribution in [1.82, 2.24) is 0 Å². The van der Waals surface area contributed by atoms with Crippen LogP contribution in [0.3, 0.4) is 0 Å². The Morgan fingerprint density at radius 1 is 1.11 bits per heavy atom. The van der Waals surface area contributed by atoms with Crippen LogP contribution in [0.1, 0.15) is 43.6 Å². The lowest BCUT2D eigenvalue weighted by molar-refractivity contribution is -0.176. The molecule has 1 aliphatic carbocycles. The molecule has 0 N–H and O–H groups in total. The summed E-state index contributed by atoms with van der Waals surface area (Å²) in [5, 5.41) is 0. The highest BCUT2D eigenvalue weighted by Gasteiger charge is 2.37. The Morgan fingerprint density at radius 3 is 2.26 bits per heavy atom. The predicted octanol–water partition coefficient (Wildman–Crippen LogP) is 3.28. The molecule has 3 rings (SSSR count). The summed E-state index contributed by atoms with van der Waals surface area (Å²) in [6.45, 7) is 0. The van der Waals surface area contributed by atoms with Gasteiger partial charge in [-0.3, -0.25) is 4.79 Å². The molecule has 0 spiro atoms. The number of carbonyl (C=O) groups excluding carboxylic acids is 1. The lowest BCUT2D eigenvalue weighted by Gasteiger charge is -2.37. The van der Waals surface area contributed by atoms with Crippen LogP contribution in [0.4, 0.5) is 0 Å². The van der Waals surface area contributed by atoms with Gasteiger partial charge in [0.1, 0.15) is 11.9 Å². The molecule has 3 heteroatoms. The van der Waals surface area contributed by atoms with Crippen molar-refractivity contribution in [3.63, 3.8) is 0 Å². The number of carbonyl (C=O) groups is 1. The van der Waals surface area contributed by atoms with Crippen molar-refractivity contribution in [2.24, 2.45) is 5.92 Å². The van der Waals surface area contributed by atoms with E-state index in [1.165, 1.54) is 31.2 Å². The number of hydrogen-bond acceptors (Lipinski definition) is 3. The molecule has 1 aromatic rings. The molecule has 2 fully saturated rings. The van der Waals surface area contributed by atoms with Gasteiger partial charge in [0, 0.05) is 0 Å². The Kier molecular flexibility index (Phi) is 3.45. The summed E-state index contributed by atoms with van der Waals surface area (Å²) in [6.07, 6.45) is 5.60. The average Bonchev–Trinajstić information content (AvgIpc) is 2.44. The van der Waals surface area contributed by atoms with Crippen LogP contribution in [-0.2, 0) is 9.53 Å². The fourth-order valence-electron chi connectivity index (χ4n) is 3.29. The average molecular weight is 260 g/mol. The molecular weight excluding hydrogens is 240 g/mol. The highest BCUT2D eigenvalue weighted by molar-refractivity contribution is 5.75. The summed E-state index contributed by atoms with van der Waals surface area (Å²) >= 11 is 0. The van der Waals surface area contributed by atoms with Crippen LogP contribution in [-0.4, -0.2) is 19.2 Å². The quantitative estimate of drug-likeness (QED) is 0.782. The maximum atomic E-state index is 10.9. The van der Waals surface area contributed by atoms with Crippen LogP contribution in [0, 0.1) is 5.92 Å². The van der Waals surface area contributed by atoms with E-state index in [0.29, 0.717) is 18.3 Å². The van der Waals surface area contributed by atoms with E-state index >= 15 is 0 Å². The molecule has 2 aliphatic rings. The monoisotopic (exact) mass is 260 g/mol. The highest BCUT2D eigenvalue weighted by atomic mass is 16.6. The number of rotatable bonds is 3. The van der Waals surface area contributed by atoms with Crippen LogP contribution < -0.4 is 4.74 Å². The van der Waals surface area contributed by atoms with E-state index in [-0.39, 0.29) is 12.1 Å². The van der Waals surface area contributed by atoms with Crippen molar-refractivity contribution in [2.45, 2.75) is 44.1 Å². The van der Waals surface area contributed by atoms with Gasteiger partial charge < -0.3 is 9.47 Å². The van der Waals surface area contributed by atoms with Crippen molar-refractivity contribution in [1.29, 1.82) is 0 Å². The predicted molar refractivity (Wildman–Crippen MR) is 72.2 cm³/mol. The van der Waals surface area contributed by atoms with Gasteiger partial charge >= 0.3 is 5.97 Å². The van der Waals surface area contributed by atoms with E-state index in [2.05, 4.69) is 12.1 Å². The maximum Gasteiger partial charge on any atom is 0.309 e. The molecule has 0 aromatic heterocycles. The number of benzene rings is 1. The Bertz CT molecular complexity index is 436. The molecule has 0 radical (unpaired) electrons. The van der Waals surface area contributed by atoms with E-state index in [0.717, 1.165) is 5.75 Å². The summed E-state index contributed by atoms with van der Waals surface area (Å²) < 4.78 is 10.4. The van der Waals surface area contributed by atoms with Crippen molar-refractivity contribution < 1.29 is 14.3 Å². The van der Waals surface area contributed by atoms with Gasteiger partial charge in [-0.1, -0.05) is 12.1 Å². The minimum absolute atomic E-state index is 0.0257. The first-order chi connectivity index (χ1) is 9.26. The highest BCUT2D eigenvalue weighted by Crippen LogP contribution is 2.40. The van der Waals surface area contributed by atoms with E-state index in [4.69, 9.17) is 9.47 Å². The number of ether oxygens (including phenoxy) is 2. The lowest BCUT2D eigenvalue weighted by Crippen LogP contribution is -2.40. The van der Waals surface area contributed by atoms with Gasteiger partial charge in [-0.05, 0) is 55.2 Å². The second kappa shape index (κ2) is 5.24.